The Balaban J connectivity index is 2.46. The summed E-state index contributed by atoms with van der Waals surface area (Å²) in [7, 11) is 3.48. The largest absolute Gasteiger partial charge is 0.383 e. The zero-order valence-corrected chi connectivity index (χ0v) is 9.77. The van der Waals surface area contributed by atoms with Gasteiger partial charge in [-0.15, -0.1) is 0 Å². The molecule has 0 aliphatic rings. The van der Waals surface area contributed by atoms with Crippen molar-refractivity contribution >= 4 is 22.5 Å². The second-order valence-corrected chi connectivity index (χ2v) is 3.95. The van der Waals surface area contributed by atoms with E-state index >= 15 is 0 Å². The minimum Gasteiger partial charge on any atom is -0.383 e. The molecule has 3 N–H and O–H groups in total. The molecule has 1 aromatic heterocycles. The van der Waals surface area contributed by atoms with Crippen LogP contribution in [-0.2, 0) is 0 Å². The van der Waals surface area contributed by atoms with Gasteiger partial charge < -0.3 is 5.73 Å². The van der Waals surface area contributed by atoms with Gasteiger partial charge in [0.1, 0.15) is 11.5 Å². The SMILES string of the molecule is CN(C)NC(=O)c1cc2ccccc2c(N)n1. The predicted molar refractivity (Wildman–Crippen MR) is 67.3 cm³/mol. The van der Waals surface area contributed by atoms with Crippen molar-refractivity contribution in [2.75, 3.05) is 19.8 Å². The lowest BCUT2D eigenvalue weighted by Gasteiger charge is -2.12. The number of nitrogens with one attached hydrogen (secondary N) is 1. The van der Waals surface area contributed by atoms with Gasteiger partial charge in [-0.25, -0.2) is 9.99 Å². The second-order valence-electron chi connectivity index (χ2n) is 3.95. The van der Waals surface area contributed by atoms with E-state index in [1.54, 1.807) is 25.2 Å². The topological polar surface area (TPSA) is 71.2 Å². The maximum Gasteiger partial charge on any atom is 0.284 e. The number of nitrogens with zero attached hydrogens (tertiary/aromatic N) is 2. The number of anilines is 1. The van der Waals surface area contributed by atoms with Crippen molar-refractivity contribution < 1.29 is 4.79 Å². The Morgan fingerprint density at radius 3 is 2.76 bits per heavy atom. The molecule has 88 valence electrons. The van der Waals surface area contributed by atoms with Gasteiger partial charge in [-0.05, 0) is 11.5 Å². The van der Waals surface area contributed by atoms with E-state index in [0.29, 0.717) is 11.5 Å². The second kappa shape index (κ2) is 4.39. The molecule has 0 saturated heterocycles. The molecule has 17 heavy (non-hydrogen) atoms. The van der Waals surface area contributed by atoms with Crippen molar-refractivity contribution in [3.8, 4) is 0 Å². The standard InChI is InChI=1S/C12H14N4O/c1-16(2)15-12(17)10-7-8-5-3-4-6-9(8)11(13)14-10/h3-7H,1-2H3,(H2,13,14)(H,15,17). The number of benzene rings is 1. The molecule has 5 nitrogen and oxygen atoms in total. The summed E-state index contributed by atoms with van der Waals surface area (Å²) in [5.41, 5.74) is 8.76. The number of carbonyl (C=O) groups is 1. The third kappa shape index (κ3) is 2.34. The Bertz CT molecular complexity index is 565. The van der Waals surface area contributed by atoms with Crippen LogP contribution < -0.4 is 11.2 Å². The first-order chi connectivity index (χ1) is 8.08. The van der Waals surface area contributed by atoms with Crippen LogP contribution >= 0.6 is 0 Å². The van der Waals surface area contributed by atoms with Crippen molar-refractivity contribution in [1.29, 1.82) is 0 Å². The molecule has 0 fully saturated rings. The van der Waals surface area contributed by atoms with E-state index in [9.17, 15) is 4.79 Å². The molecular weight excluding hydrogens is 216 g/mol. The highest BCUT2D eigenvalue weighted by Crippen LogP contribution is 2.19. The van der Waals surface area contributed by atoms with Crippen LogP contribution in [0.2, 0.25) is 0 Å². The van der Waals surface area contributed by atoms with Gasteiger partial charge >= 0.3 is 0 Å². The molecule has 0 unspecified atom stereocenters. The molecule has 2 rings (SSSR count). The smallest absolute Gasteiger partial charge is 0.284 e. The quantitative estimate of drug-likeness (QED) is 0.756. The van der Waals surface area contributed by atoms with Crippen LogP contribution in [0.25, 0.3) is 10.8 Å². The van der Waals surface area contributed by atoms with E-state index in [4.69, 9.17) is 5.73 Å². The van der Waals surface area contributed by atoms with Gasteiger partial charge in [-0.1, -0.05) is 24.3 Å². The number of nitrogens with two attached hydrogens (primary N) is 1. The summed E-state index contributed by atoms with van der Waals surface area (Å²) in [6.07, 6.45) is 0. The summed E-state index contributed by atoms with van der Waals surface area (Å²) < 4.78 is 0. The summed E-state index contributed by atoms with van der Waals surface area (Å²) in [6, 6.07) is 9.30. The Hall–Kier alpha value is -2.14. The fourth-order valence-electron chi connectivity index (χ4n) is 1.60. The molecule has 0 atom stereocenters. The number of hydrogen-bond acceptors (Lipinski definition) is 4. The van der Waals surface area contributed by atoms with Crippen LogP contribution in [0.4, 0.5) is 5.82 Å². The van der Waals surface area contributed by atoms with E-state index in [1.165, 1.54) is 0 Å². The normalized spacial score (nSPS) is 10.8. The van der Waals surface area contributed by atoms with E-state index < -0.39 is 0 Å². The van der Waals surface area contributed by atoms with Crippen molar-refractivity contribution in [3.05, 3.63) is 36.0 Å². The molecule has 0 aliphatic carbocycles. The zero-order chi connectivity index (χ0) is 12.4. The first-order valence-corrected chi connectivity index (χ1v) is 5.21. The molecule has 1 amide bonds. The van der Waals surface area contributed by atoms with E-state index in [0.717, 1.165) is 10.8 Å². The molecular formula is C12H14N4O. The highest BCUT2D eigenvalue weighted by Gasteiger charge is 2.10. The number of pyridine rings is 1. The molecule has 0 radical (unpaired) electrons. The third-order valence-electron chi connectivity index (χ3n) is 2.33. The molecule has 0 bridgehead atoms. The number of hydrogen-bond donors (Lipinski definition) is 2. The maximum atomic E-state index is 11.8. The first-order valence-electron chi connectivity index (χ1n) is 5.21. The Kier molecular flexibility index (Phi) is 2.93. The molecule has 0 spiro atoms. The van der Waals surface area contributed by atoms with E-state index in [2.05, 4.69) is 10.4 Å². The van der Waals surface area contributed by atoms with Crippen molar-refractivity contribution in [2.45, 2.75) is 0 Å². The van der Waals surface area contributed by atoms with Gasteiger partial charge in [0.2, 0.25) is 0 Å². The maximum absolute atomic E-state index is 11.8. The predicted octanol–water partition coefficient (Wildman–Crippen LogP) is 1.02. The van der Waals surface area contributed by atoms with Gasteiger partial charge in [-0.2, -0.15) is 0 Å². The number of fused-ring (bicyclic) bond motifs is 1. The lowest BCUT2D eigenvalue weighted by molar-refractivity contribution is 0.0852. The Morgan fingerprint density at radius 1 is 1.35 bits per heavy atom. The average molecular weight is 230 g/mol. The fraction of sp³-hybridized carbons (Fsp3) is 0.167. The van der Waals surface area contributed by atoms with Crippen molar-refractivity contribution in [2.24, 2.45) is 0 Å². The summed E-state index contributed by atoms with van der Waals surface area (Å²) >= 11 is 0. The van der Waals surface area contributed by atoms with Crippen LogP contribution in [0.3, 0.4) is 0 Å². The zero-order valence-electron chi connectivity index (χ0n) is 9.77. The number of amides is 1. The summed E-state index contributed by atoms with van der Waals surface area (Å²) in [5, 5.41) is 3.33. The number of hydrazine groups is 1. The van der Waals surface area contributed by atoms with Gasteiger partial charge in [0.15, 0.2) is 0 Å². The Labute approximate surface area is 99.2 Å². The summed E-state index contributed by atoms with van der Waals surface area (Å²) in [4.78, 5) is 15.9. The molecule has 1 heterocycles. The van der Waals surface area contributed by atoms with Crippen LogP contribution in [0.5, 0.6) is 0 Å². The minimum absolute atomic E-state index is 0.271. The van der Waals surface area contributed by atoms with Crippen molar-refractivity contribution in [1.82, 2.24) is 15.4 Å². The fourth-order valence-corrected chi connectivity index (χ4v) is 1.60. The lowest BCUT2D eigenvalue weighted by atomic mass is 10.1. The average Bonchev–Trinajstić information content (AvgIpc) is 2.28. The number of carbonyl (C=O) groups excluding carboxylic acids is 1. The third-order valence-corrected chi connectivity index (χ3v) is 2.33. The van der Waals surface area contributed by atoms with Gasteiger partial charge in [-0.3, -0.25) is 10.2 Å². The monoisotopic (exact) mass is 230 g/mol. The Morgan fingerprint density at radius 2 is 2.06 bits per heavy atom. The highest BCUT2D eigenvalue weighted by molar-refractivity contribution is 5.99. The van der Waals surface area contributed by atoms with Gasteiger partial charge in [0, 0.05) is 19.5 Å². The minimum atomic E-state index is -0.271. The van der Waals surface area contributed by atoms with Crippen LogP contribution in [-0.4, -0.2) is 30.0 Å². The van der Waals surface area contributed by atoms with E-state index in [-0.39, 0.29) is 5.91 Å². The molecule has 1 aromatic carbocycles. The van der Waals surface area contributed by atoms with Gasteiger partial charge in [0.05, 0.1) is 0 Å². The van der Waals surface area contributed by atoms with E-state index in [1.807, 2.05) is 24.3 Å². The highest BCUT2D eigenvalue weighted by atomic mass is 16.2. The summed E-state index contributed by atoms with van der Waals surface area (Å²) in [6.45, 7) is 0. The van der Waals surface area contributed by atoms with Crippen LogP contribution in [0.1, 0.15) is 10.5 Å². The van der Waals surface area contributed by atoms with Gasteiger partial charge in [0.25, 0.3) is 5.91 Å². The number of aromatic nitrogens is 1. The molecule has 5 heteroatoms. The molecule has 0 saturated carbocycles. The van der Waals surface area contributed by atoms with Crippen LogP contribution in [0, 0.1) is 0 Å². The van der Waals surface area contributed by atoms with Crippen LogP contribution in [0.15, 0.2) is 30.3 Å². The molecule has 0 aliphatic heterocycles. The number of rotatable bonds is 2. The number of nitrogen functional groups attached to an aromatic ring is 1. The van der Waals surface area contributed by atoms with Crippen molar-refractivity contribution in [3.63, 3.8) is 0 Å². The first kappa shape index (κ1) is 11.3. The lowest BCUT2D eigenvalue weighted by Crippen LogP contribution is -2.36. The summed E-state index contributed by atoms with van der Waals surface area (Å²) in [5.74, 6) is 0.0967. The molecule has 2 aromatic rings.